The lowest BCUT2D eigenvalue weighted by atomic mass is 10.3. The van der Waals surface area contributed by atoms with Gasteiger partial charge in [-0.25, -0.2) is 20.8 Å². The molecular formula is C11H12BrN5S. The number of anilines is 1. The first kappa shape index (κ1) is 13.3. The molecule has 0 aliphatic heterocycles. The molecule has 94 valence electrons. The van der Waals surface area contributed by atoms with Gasteiger partial charge in [-0.05, 0) is 59.2 Å². The number of nitrogens with zero attached hydrogens (tertiary/aromatic N) is 3. The maximum Gasteiger partial charge on any atom is 0.238 e. The first-order chi connectivity index (χ1) is 8.58. The summed E-state index contributed by atoms with van der Waals surface area (Å²) in [4.78, 5) is 12.7. The van der Waals surface area contributed by atoms with Crippen molar-refractivity contribution in [3.05, 3.63) is 34.1 Å². The summed E-state index contributed by atoms with van der Waals surface area (Å²) in [6.07, 6.45) is 1.66. The zero-order chi connectivity index (χ0) is 13.1. The highest BCUT2D eigenvalue weighted by Crippen LogP contribution is 2.31. The summed E-state index contributed by atoms with van der Waals surface area (Å²) in [6.45, 7) is 4.01. The van der Waals surface area contributed by atoms with Crippen LogP contribution in [0.1, 0.15) is 11.3 Å². The van der Waals surface area contributed by atoms with Crippen molar-refractivity contribution in [1.82, 2.24) is 15.0 Å². The van der Waals surface area contributed by atoms with Gasteiger partial charge in [0.1, 0.15) is 10.1 Å². The molecule has 18 heavy (non-hydrogen) atoms. The number of nitrogens with one attached hydrogen (secondary N) is 1. The van der Waals surface area contributed by atoms with Crippen LogP contribution in [0.25, 0.3) is 0 Å². The molecule has 2 heterocycles. The molecule has 7 heteroatoms. The van der Waals surface area contributed by atoms with Crippen LogP contribution >= 0.6 is 27.7 Å². The molecule has 2 aromatic heterocycles. The van der Waals surface area contributed by atoms with E-state index in [1.54, 1.807) is 6.20 Å². The van der Waals surface area contributed by atoms with E-state index < -0.39 is 0 Å². The SMILES string of the molecule is Cc1cc(C)nc(Sc2nc(NN)ncc2Br)c1. The monoisotopic (exact) mass is 325 g/mol. The quantitative estimate of drug-likeness (QED) is 0.513. The number of hydrazine groups is 1. The summed E-state index contributed by atoms with van der Waals surface area (Å²) >= 11 is 4.88. The second-order valence-electron chi connectivity index (χ2n) is 3.72. The maximum atomic E-state index is 5.30. The average molecular weight is 326 g/mol. The molecule has 0 saturated carbocycles. The van der Waals surface area contributed by atoms with Gasteiger partial charge in [-0.1, -0.05) is 0 Å². The molecule has 0 aliphatic carbocycles. The van der Waals surface area contributed by atoms with Crippen molar-refractivity contribution in [3.63, 3.8) is 0 Å². The molecule has 0 saturated heterocycles. The molecule has 2 rings (SSSR count). The Morgan fingerprint density at radius 3 is 2.72 bits per heavy atom. The molecule has 0 aliphatic rings. The van der Waals surface area contributed by atoms with Crippen molar-refractivity contribution in [2.75, 3.05) is 5.43 Å². The smallest absolute Gasteiger partial charge is 0.238 e. The van der Waals surface area contributed by atoms with Gasteiger partial charge in [0, 0.05) is 11.9 Å². The van der Waals surface area contributed by atoms with Crippen LogP contribution in [0.2, 0.25) is 0 Å². The number of pyridine rings is 1. The van der Waals surface area contributed by atoms with E-state index >= 15 is 0 Å². The van der Waals surface area contributed by atoms with E-state index in [-0.39, 0.29) is 0 Å². The van der Waals surface area contributed by atoms with Gasteiger partial charge in [-0.15, -0.1) is 0 Å². The summed E-state index contributed by atoms with van der Waals surface area (Å²) in [6, 6.07) is 4.05. The molecule has 0 amide bonds. The van der Waals surface area contributed by atoms with Crippen LogP contribution in [-0.4, -0.2) is 15.0 Å². The number of aryl methyl sites for hydroxylation is 2. The highest BCUT2D eigenvalue weighted by molar-refractivity contribution is 9.10. The highest BCUT2D eigenvalue weighted by Gasteiger charge is 2.08. The van der Waals surface area contributed by atoms with Crippen LogP contribution in [-0.2, 0) is 0 Å². The number of hydrogen-bond acceptors (Lipinski definition) is 6. The fourth-order valence-corrected chi connectivity index (χ4v) is 2.80. The van der Waals surface area contributed by atoms with Crippen molar-refractivity contribution in [1.29, 1.82) is 0 Å². The zero-order valence-corrected chi connectivity index (χ0v) is 12.3. The Kier molecular flexibility index (Phi) is 4.15. The fourth-order valence-electron chi connectivity index (χ4n) is 1.45. The predicted molar refractivity (Wildman–Crippen MR) is 75.4 cm³/mol. The number of rotatable bonds is 3. The summed E-state index contributed by atoms with van der Waals surface area (Å²) in [5.74, 6) is 5.67. The third-order valence-corrected chi connectivity index (χ3v) is 3.88. The molecule has 2 aromatic rings. The van der Waals surface area contributed by atoms with Crippen molar-refractivity contribution >= 4 is 33.6 Å². The second-order valence-corrected chi connectivity index (χ2v) is 5.58. The topological polar surface area (TPSA) is 76.7 Å². The van der Waals surface area contributed by atoms with Gasteiger partial charge in [-0.2, -0.15) is 0 Å². The van der Waals surface area contributed by atoms with E-state index in [0.29, 0.717) is 5.95 Å². The Morgan fingerprint density at radius 2 is 2.06 bits per heavy atom. The lowest BCUT2D eigenvalue weighted by molar-refractivity contribution is 0.995. The van der Waals surface area contributed by atoms with E-state index in [0.717, 1.165) is 20.2 Å². The Bertz CT molecular complexity index is 555. The van der Waals surface area contributed by atoms with Crippen molar-refractivity contribution in [2.45, 2.75) is 23.9 Å². The molecule has 0 bridgehead atoms. The Balaban J connectivity index is 2.33. The van der Waals surface area contributed by atoms with Gasteiger partial charge in [0.2, 0.25) is 5.95 Å². The first-order valence-electron chi connectivity index (χ1n) is 5.21. The van der Waals surface area contributed by atoms with Crippen LogP contribution in [0.15, 0.2) is 32.9 Å². The minimum atomic E-state index is 0.380. The first-order valence-corrected chi connectivity index (χ1v) is 6.82. The minimum Gasteiger partial charge on any atom is -0.292 e. The number of aromatic nitrogens is 3. The van der Waals surface area contributed by atoms with Crippen LogP contribution < -0.4 is 11.3 Å². The highest BCUT2D eigenvalue weighted by atomic mass is 79.9. The third-order valence-electron chi connectivity index (χ3n) is 2.12. The Hall–Kier alpha value is -1.18. The molecule has 0 spiro atoms. The van der Waals surface area contributed by atoms with E-state index in [1.807, 2.05) is 26.0 Å². The van der Waals surface area contributed by atoms with Gasteiger partial charge in [0.25, 0.3) is 0 Å². The average Bonchev–Trinajstić information content (AvgIpc) is 2.30. The molecule has 0 radical (unpaired) electrons. The normalized spacial score (nSPS) is 10.4. The number of nitrogens with two attached hydrogens (primary N) is 1. The third kappa shape index (κ3) is 3.18. The van der Waals surface area contributed by atoms with Gasteiger partial charge in [0.15, 0.2) is 0 Å². The standard InChI is InChI=1S/C11H12BrN5S/c1-6-3-7(2)15-9(4-6)18-10-8(12)5-14-11(16-10)17-13/h3-5H,13H2,1-2H3,(H,14,16,17). The van der Waals surface area contributed by atoms with Crippen LogP contribution in [0.4, 0.5) is 5.95 Å². The molecule has 3 N–H and O–H groups in total. The van der Waals surface area contributed by atoms with E-state index in [2.05, 4.69) is 36.3 Å². The fraction of sp³-hybridized carbons (Fsp3) is 0.182. The van der Waals surface area contributed by atoms with E-state index in [1.165, 1.54) is 17.3 Å². The predicted octanol–water partition coefficient (Wildman–Crippen LogP) is 2.69. The van der Waals surface area contributed by atoms with Crippen LogP contribution in [0.3, 0.4) is 0 Å². The summed E-state index contributed by atoms with van der Waals surface area (Å²) in [5.41, 5.74) is 4.59. The van der Waals surface area contributed by atoms with Gasteiger partial charge < -0.3 is 0 Å². The lowest BCUT2D eigenvalue weighted by Crippen LogP contribution is -2.10. The van der Waals surface area contributed by atoms with Gasteiger partial charge in [0.05, 0.1) is 4.47 Å². The molecule has 0 unspecified atom stereocenters. The van der Waals surface area contributed by atoms with Crippen LogP contribution in [0.5, 0.6) is 0 Å². The number of hydrogen-bond donors (Lipinski definition) is 2. The van der Waals surface area contributed by atoms with Gasteiger partial charge >= 0.3 is 0 Å². The van der Waals surface area contributed by atoms with Gasteiger partial charge in [-0.3, -0.25) is 5.43 Å². The number of nitrogen functional groups attached to an aromatic ring is 1. The van der Waals surface area contributed by atoms with Crippen molar-refractivity contribution in [3.8, 4) is 0 Å². The molecule has 0 atom stereocenters. The Morgan fingerprint density at radius 1 is 1.28 bits per heavy atom. The summed E-state index contributed by atoms with van der Waals surface area (Å²) < 4.78 is 0.812. The Labute approximate surface area is 118 Å². The number of halogens is 1. The maximum absolute atomic E-state index is 5.30. The summed E-state index contributed by atoms with van der Waals surface area (Å²) in [5, 5.41) is 1.67. The molecular weight excluding hydrogens is 314 g/mol. The van der Waals surface area contributed by atoms with Crippen molar-refractivity contribution < 1.29 is 0 Å². The zero-order valence-electron chi connectivity index (χ0n) is 9.94. The largest absolute Gasteiger partial charge is 0.292 e. The van der Waals surface area contributed by atoms with E-state index in [9.17, 15) is 0 Å². The van der Waals surface area contributed by atoms with Crippen molar-refractivity contribution in [2.24, 2.45) is 5.84 Å². The molecule has 5 nitrogen and oxygen atoms in total. The lowest BCUT2D eigenvalue weighted by Gasteiger charge is -2.06. The molecule has 0 fully saturated rings. The molecule has 0 aromatic carbocycles. The van der Waals surface area contributed by atoms with E-state index in [4.69, 9.17) is 5.84 Å². The summed E-state index contributed by atoms with van der Waals surface area (Å²) in [7, 11) is 0. The van der Waals surface area contributed by atoms with Crippen LogP contribution in [0, 0.1) is 13.8 Å². The second kappa shape index (κ2) is 5.64. The minimum absolute atomic E-state index is 0.380.